The Hall–Kier alpha value is -1.08. The normalized spacial score (nSPS) is 10.8. The molecule has 0 aliphatic heterocycles. The lowest BCUT2D eigenvalue weighted by atomic mass is 10.3. The Bertz CT molecular complexity index is 430. The minimum atomic E-state index is 0.00819. The predicted molar refractivity (Wildman–Crippen MR) is 90.0 cm³/mol. The highest BCUT2D eigenvalue weighted by Gasteiger charge is 1.96. The molecule has 0 bridgehead atoms. The molecule has 0 aromatic heterocycles. The molecule has 1 amide bonds. The number of amides is 1. The second-order valence-electron chi connectivity index (χ2n) is 4.50. The number of benzene rings is 1. The molecule has 1 aromatic rings. The predicted octanol–water partition coefficient (Wildman–Crippen LogP) is 2.29. The maximum absolute atomic E-state index is 11.2. The molecule has 0 atom stereocenters. The summed E-state index contributed by atoms with van der Waals surface area (Å²) in [6.07, 6.45) is 4.35. The smallest absolute Gasteiger partial charge is 0.245 e. The third kappa shape index (κ3) is 7.49. The molecule has 110 valence electrons. The van der Waals surface area contributed by atoms with Gasteiger partial charge in [0.1, 0.15) is 5.75 Å². The van der Waals surface area contributed by atoms with Gasteiger partial charge in [-0.25, -0.2) is 0 Å². The molecule has 20 heavy (non-hydrogen) atoms. The fourth-order valence-electron chi connectivity index (χ4n) is 1.41. The second-order valence-corrected chi connectivity index (χ2v) is 5.74. The highest BCUT2D eigenvalue weighted by Crippen LogP contribution is 2.13. The molecule has 1 aromatic carbocycles. The van der Waals surface area contributed by atoms with Crippen molar-refractivity contribution in [1.82, 2.24) is 10.2 Å². The van der Waals surface area contributed by atoms with Gasteiger partial charge in [-0.1, -0.05) is 6.08 Å². The van der Waals surface area contributed by atoms with E-state index in [0.29, 0.717) is 13.2 Å². The number of ether oxygens (including phenoxy) is 1. The molecule has 4 nitrogen and oxygen atoms in total. The van der Waals surface area contributed by atoms with E-state index in [1.807, 2.05) is 30.3 Å². The van der Waals surface area contributed by atoms with E-state index in [0.717, 1.165) is 18.7 Å². The molecule has 0 saturated carbocycles. The number of carbonyl (C=O) groups excluding carboxylic acids is 1. The van der Waals surface area contributed by atoms with Crippen molar-refractivity contribution in [3.63, 3.8) is 0 Å². The van der Waals surface area contributed by atoms with E-state index < -0.39 is 0 Å². The van der Waals surface area contributed by atoms with Gasteiger partial charge in [-0.3, -0.25) is 4.79 Å². The number of rotatable bonds is 8. The molecular weight excluding hydrogens is 367 g/mol. The van der Waals surface area contributed by atoms with Crippen LogP contribution in [0.25, 0.3) is 0 Å². The van der Waals surface area contributed by atoms with E-state index in [9.17, 15) is 4.79 Å². The van der Waals surface area contributed by atoms with E-state index in [4.69, 9.17) is 4.74 Å². The van der Waals surface area contributed by atoms with Gasteiger partial charge in [-0.2, -0.15) is 0 Å². The number of hydrogen-bond donors (Lipinski definition) is 1. The highest BCUT2D eigenvalue weighted by molar-refractivity contribution is 14.1. The van der Waals surface area contributed by atoms with Crippen LogP contribution in [0.1, 0.15) is 6.42 Å². The average Bonchev–Trinajstić information content (AvgIpc) is 2.43. The summed E-state index contributed by atoms with van der Waals surface area (Å²) >= 11 is 2.27. The molecule has 1 rings (SSSR count). The van der Waals surface area contributed by atoms with Gasteiger partial charge in [0.2, 0.25) is 5.91 Å². The van der Waals surface area contributed by atoms with Crippen molar-refractivity contribution in [3.05, 3.63) is 40.0 Å². The monoisotopic (exact) mass is 388 g/mol. The van der Waals surface area contributed by atoms with Crippen LogP contribution in [-0.2, 0) is 4.79 Å². The van der Waals surface area contributed by atoms with Gasteiger partial charge in [0.05, 0.1) is 6.61 Å². The van der Waals surface area contributed by atoms with Crippen molar-refractivity contribution in [3.8, 4) is 5.75 Å². The zero-order chi connectivity index (χ0) is 14.8. The summed E-state index contributed by atoms with van der Waals surface area (Å²) in [5.41, 5.74) is 0. The number of hydrogen-bond acceptors (Lipinski definition) is 3. The first-order chi connectivity index (χ1) is 9.59. The molecule has 0 fully saturated rings. The Morgan fingerprint density at radius 1 is 1.35 bits per heavy atom. The highest BCUT2D eigenvalue weighted by atomic mass is 127. The molecular formula is C15H21IN2O2. The quantitative estimate of drug-likeness (QED) is 0.422. The number of nitrogens with one attached hydrogen (secondary N) is 1. The van der Waals surface area contributed by atoms with Gasteiger partial charge in [-0.15, -0.1) is 0 Å². The van der Waals surface area contributed by atoms with Crippen molar-refractivity contribution in [2.24, 2.45) is 0 Å². The van der Waals surface area contributed by atoms with Crippen LogP contribution in [0.2, 0.25) is 0 Å². The Labute approximate surface area is 134 Å². The maximum Gasteiger partial charge on any atom is 0.245 e. The average molecular weight is 388 g/mol. The summed E-state index contributed by atoms with van der Waals surface area (Å²) in [7, 11) is 3.48. The molecule has 1 N–H and O–H groups in total. The van der Waals surface area contributed by atoms with E-state index in [2.05, 4.69) is 27.9 Å². The van der Waals surface area contributed by atoms with Crippen molar-refractivity contribution < 1.29 is 9.53 Å². The third-order valence-corrected chi connectivity index (χ3v) is 3.26. The molecule has 5 heteroatoms. The van der Waals surface area contributed by atoms with E-state index >= 15 is 0 Å². The zero-order valence-electron chi connectivity index (χ0n) is 11.9. The minimum absolute atomic E-state index is 0.00819. The Morgan fingerprint density at radius 2 is 2.05 bits per heavy atom. The van der Waals surface area contributed by atoms with Gasteiger partial charge < -0.3 is 15.0 Å². The van der Waals surface area contributed by atoms with E-state index in [-0.39, 0.29) is 5.91 Å². The number of carbonyl (C=O) groups is 1. The zero-order valence-corrected chi connectivity index (χ0v) is 14.1. The van der Waals surface area contributed by atoms with Crippen LogP contribution in [0.4, 0.5) is 0 Å². The van der Waals surface area contributed by atoms with E-state index in [1.165, 1.54) is 3.57 Å². The summed E-state index contributed by atoms with van der Waals surface area (Å²) in [4.78, 5) is 12.8. The first-order valence-electron chi connectivity index (χ1n) is 6.56. The maximum atomic E-state index is 11.2. The standard InChI is InChI=1S/C15H21IN2O2/c1-18(2)15(19)5-3-10-17-11-4-12-20-14-8-6-13(16)7-9-14/h3,5-9,17H,4,10-12H2,1-2H3. The molecule has 0 saturated heterocycles. The number of likely N-dealkylation sites (N-methyl/N-ethyl adjacent to an activating group) is 1. The summed E-state index contributed by atoms with van der Waals surface area (Å²) in [5, 5.41) is 3.24. The summed E-state index contributed by atoms with van der Waals surface area (Å²) in [5.74, 6) is 0.913. The number of halogens is 1. The SMILES string of the molecule is CN(C)C(=O)C=CCNCCCOc1ccc(I)cc1. The van der Waals surface area contributed by atoms with Crippen molar-refractivity contribution in [2.75, 3.05) is 33.8 Å². The van der Waals surface area contributed by atoms with Crippen LogP contribution in [0.3, 0.4) is 0 Å². The van der Waals surface area contributed by atoms with Crippen LogP contribution in [0.15, 0.2) is 36.4 Å². The Kier molecular flexibility index (Phi) is 8.29. The largest absolute Gasteiger partial charge is 0.494 e. The lowest BCUT2D eigenvalue weighted by Crippen LogP contribution is -2.20. The van der Waals surface area contributed by atoms with Crippen LogP contribution in [-0.4, -0.2) is 44.6 Å². The number of nitrogens with zero attached hydrogens (tertiary/aromatic N) is 1. The minimum Gasteiger partial charge on any atom is -0.494 e. The first-order valence-corrected chi connectivity index (χ1v) is 7.64. The summed E-state index contributed by atoms with van der Waals surface area (Å²) in [6.45, 7) is 2.25. The Morgan fingerprint density at radius 3 is 2.70 bits per heavy atom. The van der Waals surface area contributed by atoms with Gasteiger partial charge in [-0.05, 0) is 59.8 Å². The van der Waals surface area contributed by atoms with Gasteiger partial charge >= 0.3 is 0 Å². The van der Waals surface area contributed by atoms with Crippen LogP contribution in [0, 0.1) is 3.57 Å². The molecule has 0 aliphatic carbocycles. The van der Waals surface area contributed by atoms with Crippen LogP contribution in [0.5, 0.6) is 5.75 Å². The van der Waals surface area contributed by atoms with Crippen LogP contribution < -0.4 is 10.1 Å². The van der Waals surface area contributed by atoms with Gasteiger partial charge in [0.15, 0.2) is 0 Å². The lowest BCUT2D eigenvalue weighted by Gasteiger charge is -2.07. The van der Waals surface area contributed by atoms with Crippen LogP contribution >= 0.6 is 22.6 Å². The van der Waals surface area contributed by atoms with Crippen molar-refractivity contribution in [1.29, 1.82) is 0 Å². The summed E-state index contributed by atoms with van der Waals surface area (Å²) in [6, 6.07) is 8.01. The van der Waals surface area contributed by atoms with Crippen molar-refractivity contribution >= 4 is 28.5 Å². The molecule has 0 heterocycles. The molecule has 0 unspecified atom stereocenters. The van der Waals surface area contributed by atoms with Crippen molar-refractivity contribution in [2.45, 2.75) is 6.42 Å². The molecule has 0 radical (unpaired) electrons. The topological polar surface area (TPSA) is 41.6 Å². The molecule has 0 aliphatic rings. The fraction of sp³-hybridized carbons (Fsp3) is 0.400. The Balaban J connectivity index is 2.02. The second kappa shape index (κ2) is 9.77. The van der Waals surface area contributed by atoms with Gasteiger partial charge in [0, 0.05) is 30.3 Å². The summed E-state index contributed by atoms with van der Waals surface area (Å²) < 4.78 is 6.82. The molecule has 0 spiro atoms. The third-order valence-electron chi connectivity index (χ3n) is 2.54. The lowest BCUT2D eigenvalue weighted by molar-refractivity contribution is -0.123. The van der Waals surface area contributed by atoms with E-state index in [1.54, 1.807) is 25.1 Å². The first kappa shape index (κ1) is 17.0. The fourth-order valence-corrected chi connectivity index (χ4v) is 1.77. The van der Waals surface area contributed by atoms with Gasteiger partial charge in [0.25, 0.3) is 0 Å².